The fourth-order valence-electron chi connectivity index (χ4n) is 4.02. The molecule has 2 heterocycles. The summed E-state index contributed by atoms with van der Waals surface area (Å²) in [5.74, 6) is 1.53. The number of piperidine rings is 1. The van der Waals surface area contributed by atoms with Gasteiger partial charge in [0.15, 0.2) is 5.96 Å². The molecule has 1 unspecified atom stereocenters. The zero-order chi connectivity index (χ0) is 20.9. The molecule has 1 aromatic rings. The molecular formula is C21H36IN5O2S. The maximum Gasteiger partial charge on any atom is 0.243 e. The molecule has 2 saturated heterocycles. The molecule has 2 aliphatic heterocycles. The summed E-state index contributed by atoms with van der Waals surface area (Å²) >= 11 is 0. The van der Waals surface area contributed by atoms with Crippen LogP contribution in [-0.2, 0) is 16.6 Å². The Morgan fingerprint density at radius 3 is 2.53 bits per heavy atom. The molecule has 0 aliphatic carbocycles. The molecule has 2 fully saturated rings. The van der Waals surface area contributed by atoms with Gasteiger partial charge in [-0.25, -0.2) is 13.4 Å². The Hall–Kier alpha value is -0.910. The highest BCUT2D eigenvalue weighted by atomic mass is 127. The molecule has 0 spiro atoms. The van der Waals surface area contributed by atoms with Gasteiger partial charge in [-0.15, -0.1) is 24.0 Å². The fraction of sp³-hybridized carbons (Fsp3) is 0.667. The van der Waals surface area contributed by atoms with Crippen LogP contribution in [0.25, 0.3) is 0 Å². The van der Waals surface area contributed by atoms with Crippen LogP contribution in [-0.4, -0.2) is 81.3 Å². The first kappa shape index (κ1) is 25.4. The molecule has 2 aliphatic rings. The molecule has 0 aromatic heterocycles. The molecule has 1 aromatic carbocycles. The number of nitrogens with zero attached hydrogens (tertiary/aromatic N) is 4. The summed E-state index contributed by atoms with van der Waals surface area (Å²) in [7, 11) is -1.48. The molecule has 170 valence electrons. The molecule has 1 atom stereocenters. The van der Waals surface area contributed by atoms with Crippen molar-refractivity contribution < 1.29 is 8.42 Å². The Bertz CT molecular complexity index is 809. The number of aliphatic imine (C=N–C) groups is 1. The summed E-state index contributed by atoms with van der Waals surface area (Å²) in [6.07, 6.45) is 2.42. The number of sulfonamides is 1. The SMILES string of the molecule is CCNC(=NCc1ccccc1S(=O)(=O)N1CCN(C)CC1)N1CCCC(C)C1.I. The summed E-state index contributed by atoms with van der Waals surface area (Å²) < 4.78 is 28.1. The minimum absolute atomic E-state index is 0. The van der Waals surface area contributed by atoms with E-state index in [-0.39, 0.29) is 24.0 Å². The van der Waals surface area contributed by atoms with Gasteiger partial charge in [0.05, 0.1) is 11.4 Å². The third kappa shape index (κ3) is 6.30. The van der Waals surface area contributed by atoms with Crippen molar-refractivity contribution in [2.24, 2.45) is 10.9 Å². The molecule has 0 saturated carbocycles. The second-order valence-corrected chi connectivity index (χ2v) is 10.1. The van der Waals surface area contributed by atoms with E-state index in [9.17, 15) is 8.42 Å². The van der Waals surface area contributed by atoms with Crippen LogP contribution >= 0.6 is 24.0 Å². The highest BCUT2D eigenvalue weighted by Gasteiger charge is 2.29. The maximum atomic E-state index is 13.3. The lowest BCUT2D eigenvalue weighted by atomic mass is 10.0. The average molecular weight is 550 g/mol. The highest BCUT2D eigenvalue weighted by molar-refractivity contribution is 14.0. The van der Waals surface area contributed by atoms with Gasteiger partial charge in [0.2, 0.25) is 10.0 Å². The van der Waals surface area contributed by atoms with Crippen LogP contribution in [0.1, 0.15) is 32.3 Å². The normalized spacial score (nSPS) is 21.9. The van der Waals surface area contributed by atoms with E-state index in [1.165, 1.54) is 12.8 Å². The van der Waals surface area contributed by atoms with E-state index in [0.717, 1.165) is 44.2 Å². The van der Waals surface area contributed by atoms with Crippen LogP contribution in [0.2, 0.25) is 0 Å². The number of nitrogens with one attached hydrogen (secondary N) is 1. The van der Waals surface area contributed by atoms with E-state index >= 15 is 0 Å². The van der Waals surface area contributed by atoms with Crippen LogP contribution in [0, 0.1) is 5.92 Å². The molecule has 3 rings (SSSR count). The monoisotopic (exact) mass is 549 g/mol. The van der Waals surface area contributed by atoms with E-state index in [4.69, 9.17) is 4.99 Å². The number of benzene rings is 1. The van der Waals surface area contributed by atoms with Crippen molar-refractivity contribution >= 4 is 40.0 Å². The average Bonchev–Trinajstić information content (AvgIpc) is 2.71. The minimum atomic E-state index is -3.51. The summed E-state index contributed by atoms with van der Waals surface area (Å²) in [5, 5.41) is 3.38. The predicted molar refractivity (Wildman–Crippen MR) is 133 cm³/mol. The van der Waals surface area contributed by atoms with Crippen LogP contribution in [0.15, 0.2) is 34.2 Å². The van der Waals surface area contributed by atoms with Gasteiger partial charge in [-0.3, -0.25) is 0 Å². The zero-order valence-electron chi connectivity index (χ0n) is 18.4. The van der Waals surface area contributed by atoms with Crippen LogP contribution in [0.5, 0.6) is 0 Å². The molecule has 0 radical (unpaired) electrons. The predicted octanol–water partition coefficient (Wildman–Crippen LogP) is 2.44. The highest BCUT2D eigenvalue weighted by Crippen LogP contribution is 2.22. The Morgan fingerprint density at radius 2 is 1.87 bits per heavy atom. The van der Waals surface area contributed by atoms with Crippen LogP contribution in [0.4, 0.5) is 0 Å². The van der Waals surface area contributed by atoms with Gasteiger partial charge >= 0.3 is 0 Å². The van der Waals surface area contributed by atoms with Crippen molar-refractivity contribution in [1.29, 1.82) is 0 Å². The molecular weight excluding hydrogens is 513 g/mol. The number of hydrogen-bond donors (Lipinski definition) is 1. The van der Waals surface area contributed by atoms with Crippen molar-refractivity contribution in [1.82, 2.24) is 19.4 Å². The summed E-state index contributed by atoms with van der Waals surface area (Å²) in [5.41, 5.74) is 0.756. The number of hydrogen-bond acceptors (Lipinski definition) is 4. The van der Waals surface area contributed by atoms with Crippen molar-refractivity contribution in [3.8, 4) is 0 Å². The first-order valence-electron chi connectivity index (χ1n) is 10.7. The Balaban J connectivity index is 0.00000320. The van der Waals surface area contributed by atoms with Crippen molar-refractivity contribution in [3.05, 3.63) is 29.8 Å². The number of likely N-dealkylation sites (tertiary alicyclic amines) is 1. The van der Waals surface area contributed by atoms with Crippen LogP contribution < -0.4 is 5.32 Å². The lowest BCUT2D eigenvalue weighted by Gasteiger charge is -2.33. The second kappa shape index (κ2) is 11.6. The molecule has 0 amide bonds. The zero-order valence-corrected chi connectivity index (χ0v) is 21.5. The van der Waals surface area contributed by atoms with E-state index < -0.39 is 10.0 Å². The number of guanidine groups is 1. The molecule has 1 N–H and O–H groups in total. The maximum absolute atomic E-state index is 13.3. The summed E-state index contributed by atoms with van der Waals surface area (Å²) in [4.78, 5) is 9.66. The van der Waals surface area contributed by atoms with Gasteiger partial charge in [0.25, 0.3) is 0 Å². The lowest BCUT2D eigenvalue weighted by Crippen LogP contribution is -2.47. The van der Waals surface area contributed by atoms with E-state index in [1.807, 2.05) is 19.2 Å². The quantitative estimate of drug-likeness (QED) is 0.347. The van der Waals surface area contributed by atoms with Gasteiger partial charge in [-0.1, -0.05) is 25.1 Å². The van der Waals surface area contributed by atoms with Gasteiger partial charge in [-0.2, -0.15) is 4.31 Å². The van der Waals surface area contributed by atoms with E-state index in [1.54, 1.807) is 16.4 Å². The molecule has 9 heteroatoms. The first-order chi connectivity index (χ1) is 13.9. The summed E-state index contributed by atoms with van der Waals surface area (Å²) in [6.45, 7) is 10.1. The number of likely N-dealkylation sites (N-methyl/N-ethyl adjacent to an activating group) is 1. The van der Waals surface area contributed by atoms with Gasteiger partial charge in [0, 0.05) is 45.8 Å². The molecule has 0 bridgehead atoms. The topological polar surface area (TPSA) is 68.2 Å². The molecule has 7 nitrogen and oxygen atoms in total. The standard InChI is InChI=1S/C21H35N5O2S.HI/c1-4-22-21(25-11-7-8-18(2)17-25)23-16-19-9-5-6-10-20(19)29(27,28)26-14-12-24(3)13-15-26;/h5-6,9-10,18H,4,7-8,11-17H2,1-3H3,(H,22,23);1H. The Morgan fingerprint density at radius 1 is 1.17 bits per heavy atom. The second-order valence-electron chi connectivity index (χ2n) is 8.18. The smallest absolute Gasteiger partial charge is 0.243 e. The largest absolute Gasteiger partial charge is 0.357 e. The van der Waals surface area contributed by atoms with Crippen molar-refractivity contribution in [2.75, 3.05) is 52.9 Å². The summed E-state index contributed by atoms with van der Waals surface area (Å²) in [6, 6.07) is 7.29. The van der Waals surface area contributed by atoms with Gasteiger partial charge in [-0.05, 0) is 44.4 Å². The van der Waals surface area contributed by atoms with Crippen LogP contribution in [0.3, 0.4) is 0 Å². The number of piperazine rings is 1. The lowest BCUT2D eigenvalue weighted by molar-refractivity contribution is 0.222. The molecule has 30 heavy (non-hydrogen) atoms. The van der Waals surface area contributed by atoms with Gasteiger partial charge < -0.3 is 15.1 Å². The Labute approximate surface area is 199 Å². The number of rotatable bonds is 5. The first-order valence-corrected chi connectivity index (χ1v) is 12.2. The Kier molecular flexibility index (Phi) is 9.83. The fourth-order valence-corrected chi connectivity index (χ4v) is 5.66. The minimum Gasteiger partial charge on any atom is -0.357 e. The van der Waals surface area contributed by atoms with Crippen molar-refractivity contribution in [3.63, 3.8) is 0 Å². The van der Waals surface area contributed by atoms with E-state index in [2.05, 4.69) is 29.0 Å². The third-order valence-electron chi connectivity index (χ3n) is 5.74. The van der Waals surface area contributed by atoms with Gasteiger partial charge in [0.1, 0.15) is 0 Å². The van der Waals surface area contributed by atoms with E-state index in [0.29, 0.717) is 30.4 Å². The number of halogens is 1. The third-order valence-corrected chi connectivity index (χ3v) is 7.74. The van der Waals surface area contributed by atoms with Crippen molar-refractivity contribution in [2.45, 2.75) is 38.1 Å².